The number of nitrogens with one attached hydrogen (secondary N) is 1. The van der Waals surface area contributed by atoms with Crippen molar-refractivity contribution in [1.82, 2.24) is 9.62 Å². The average Bonchev–Trinajstić information content (AvgIpc) is 2.48. The van der Waals surface area contributed by atoms with E-state index in [0.717, 1.165) is 19.5 Å². The largest absolute Gasteiger partial charge is 0.306 e. The lowest BCUT2D eigenvalue weighted by atomic mass is 10.1. The van der Waals surface area contributed by atoms with Crippen LogP contribution in [0.3, 0.4) is 0 Å². The minimum absolute atomic E-state index is 0.352. The fourth-order valence-corrected chi connectivity index (χ4v) is 2.27. The zero-order valence-corrected chi connectivity index (χ0v) is 9.24. The molecule has 0 bridgehead atoms. The third-order valence-electron chi connectivity index (χ3n) is 2.22. The monoisotopic (exact) mass is 226 g/mol. The fraction of sp³-hybridized carbons (Fsp3) is 1.00. The zero-order valence-electron chi connectivity index (χ0n) is 7.66. The second kappa shape index (κ2) is 4.59. The first-order valence-electron chi connectivity index (χ1n) is 4.25. The molecule has 0 radical (unpaired) electrons. The van der Waals surface area contributed by atoms with Crippen LogP contribution in [0.1, 0.15) is 6.42 Å². The summed E-state index contributed by atoms with van der Waals surface area (Å²) in [6.45, 7) is 2.53. The molecule has 1 saturated heterocycles. The maximum atomic E-state index is 11.0. The molecule has 13 heavy (non-hydrogen) atoms. The number of hydrogen-bond donors (Lipinski definition) is 1. The van der Waals surface area contributed by atoms with E-state index >= 15 is 0 Å². The van der Waals surface area contributed by atoms with E-state index in [1.807, 2.05) is 7.05 Å². The number of halogens is 1. The van der Waals surface area contributed by atoms with Crippen molar-refractivity contribution in [1.29, 1.82) is 0 Å². The highest BCUT2D eigenvalue weighted by molar-refractivity contribution is 7.90. The number of alkyl halides is 1. The lowest BCUT2D eigenvalue weighted by Crippen LogP contribution is -2.31. The Labute approximate surface area is 84.3 Å². The summed E-state index contributed by atoms with van der Waals surface area (Å²) in [5.41, 5.74) is 0. The van der Waals surface area contributed by atoms with Gasteiger partial charge in [0.15, 0.2) is 0 Å². The Hall–Kier alpha value is 0.160. The van der Waals surface area contributed by atoms with Crippen LogP contribution in [-0.2, 0) is 10.0 Å². The number of likely N-dealkylation sites (tertiary alicyclic amines) is 1. The average molecular weight is 227 g/mol. The van der Waals surface area contributed by atoms with E-state index < -0.39 is 10.0 Å². The van der Waals surface area contributed by atoms with Crippen molar-refractivity contribution < 1.29 is 8.42 Å². The van der Waals surface area contributed by atoms with Crippen LogP contribution in [0.5, 0.6) is 0 Å². The standard InChI is InChI=1S/C7H15ClN2O2S/c1-10-3-2-7(5-10)4-9-13(11,12)6-8/h7,9H,2-6H2,1H3. The van der Waals surface area contributed by atoms with Crippen molar-refractivity contribution in [3.8, 4) is 0 Å². The van der Waals surface area contributed by atoms with Gasteiger partial charge >= 0.3 is 0 Å². The van der Waals surface area contributed by atoms with E-state index in [1.54, 1.807) is 0 Å². The lowest BCUT2D eigenvalue weighted by Gasteiger charge is -2.10. The Morgan fingerprint density at radius 1 is 1.62 bits per heavy atom. The molecule has 0 spiro atoms. The smallest absolute Gasteiger partial charge is 0.225 e. The van der Waals surface area contributed by atoms with E-state index in [-0.39, 0.29) is 5.21 Å². The molecule has 0 amide bonds. The quantitative estimate of drug-likeness (QED) is 0.690. The summed E-state index contributed by atoms with van der Waals surface area (Å²) >= 11 is 5.25. The second-order valence-electron chi connectivity index (χ2n) is 3.49. The number of hydrogen-bond acceptors (Lipinski definition) is 3. The summed E-state index contributed by atoms with van der Waals surface area (Å²) in [6.07, 6.45) is 1.06. The number of nitrogens with zero attached hydrogens (tertiary/aromatic N) is 1. The van der Waals surface area contributed by atoms with E-state index in [0.29, 0.717) is 12.5 Å². The molecular weight excluding hydrogens is 212 g/mol. The van der Waals surface area contributed by atoms with Gasteiger partial charge in [0.05, 0.1) is 0 Å². The molecule has 0 aromatic rings. The van der Waals surface area contributed by atoms with Gasteiger partial charge in [0, 0.05) is 13.1 Å². The van der Waals surface area contributed by atoms with Gasteiger partial charge in [0.1, 0.15) is 5.21 Å². The molecule has 1 aliphatic heterocycles. The minimum Gasteiger partial charge on any atom is -0.306 e. The van der Waals surface area contributed by atoms with Gasteiger partial charge in [-0.3, -0.25) is 0 Å². The van der Waals surface area contributed by atoms with Crippen molar-refractivity contribution in [2.45, 2.75) is 6.42 Å². The van der Waals surface area contributed by atoms with Crippen LogP contribution in [0.25, 0.3) is 0 Å². The van der Waals surface area contributed by atoms with Crippen LogP contribution < -0.4 is 4.72 Å². The normalized spacial score (nSPS) is 25.2. The Morgan fingerprint density at radius 2 is 2.31 bits per heavy atom. The highest BCUT2D eigenvalue weighted by atomic mass is 35.5. The van der Waals surface area contributed by atoms with Gasteiger partial charge in [0.2, 0.25) is 10.0 Å². The maximum Gasteiger partial charge on any atom is 0.225 e. The Balaban J connectivity index is 2.27. The van der Waals surface area contributed by atoms with E-state index in [1.165, 1.54) is 0 Å². The Morgan fingerprint density at radius 3 is 2.77 bits per heavy atom. The molecular formula is C7H15ClN2O2S. The van der Waals surface area contributed by atoms with E-state index in [4.69, 9.17) is 11.6 Å². The first-order valence-corrected chi connectivity index (χ1v) is 6.44. The summed E-state index contributed by atoms with van der Waals surface area (Å²) in [7, 11) is -1.19. The van der Waals surface area contributed by atoms with Gasteiger partial charge in [-0.25, -0.2) is 13.1 Å². The van der Waals surface area contributed by atoms with Gasteiger partial charge in [-0.2, -0.15) is 0 Å². The molecule has 0 aromatic carbocycles. The van der Waals surface area contributed by atoms with Gasteiger partial charge in [-0.05, 0) is 25.9 Å². The molecule has 1 aliphatic rings. The Bertz CT molecular complexity index is 255. The Kier molecular flexibility index (Phi) is 3.97. The van der Waals surface area contributed by atoms with Gasteiger partial charge in [-0.15, -0.1) is 11.6 Å². The van der Waals surface area contributed by atoms with Gasteiger partial charge in [0.25, 0.3) is 0 Å². The molecule has 1 fully saturated rings. The molecule has 0 aliphatic carbocycles. The predicted octanol–water partition coefficient (Wildman–Crippen LogP) is 0.0538. The second-order valence-corrected chi connectivity index (χ2v) is 5.88. The SMILES string of the molecule is CN1CCC(CNS(=O)(=O)CCl)C1. The molecule has 1 atom stereocenters. The summed E-state index contributed by atoms with van der Waals surface area (Å²) in [4.78, 5) is 2.19. The van der Waals surface area contributed by atoms with Crippen molar-refractivity contribution >= 4 is 21.6 Å². The van der Waals surface area contributed by atoms with Crippen LogP contribution in [0.2, 0.25) is 0 Å². The minimum atomic E-state index is -3.23. The third-order valence-corrected chi connectivity index (χ3v) is 3.98. The van der Waals surface area contributed by atoms with Crippen molar-refractivity contribution in [2.24, 2.45) is 5.92 Å². The molecule has 1 rings (SSSR count). The summed E-state index contributed by atoms with van der Waals surface area (Å²) in [6, 6.07) is 0. The first-order chi connectivity index (χ1) is 6.03. The van der Waals surface area contributed by atoms with E-state index in [2.05, 4.69) is 9.62 Å². The van der Waals surface area contributed by atoms with Crippen LogP contribution in [-0.4, -0.2) is 45.2 Å². The maximum absolute atomic E-state index is 11.0. The molecule has 1 N–H and O–H groups in total. The van der Waals surface area contributed by atoms with Crippen LogP contribution in [0.4, 0.5) is 0 Å². The topological polar surface area (TPSA) is 49.4 Å². The molecule has 1 heterocycles. The highest BCUT2D eigenvalue weighted by Gasteiger charge is 2.20. The molecule has 4 nitrogen and oxygen atoms in total. The van der Waals surface area contributed by atoms with Crippen LogP contribution >= 0.6 is 11.6 Å². The predicted molar refractivity (Wildman–Crippen MR) is 53.2 cm³/mol. The number of rotatable bonds is 4. The molecule has 0 saturated carbocycles. The lowest BCUT2D eigenvalue weighted by molar-refractivity contribution is 0.394. The van der Waals surface area contributed by atoms with Gasteiger partial charge in [-0.1, -0.05) is 0 Å². The molecule has 1 unspecified atom stereocenters. The zero-order chi connectivity index (χ0) is 9.90. The van der Waals surface area contributed by atoms with Crippen molar-refractivity contribution in [2.75, 3.05) is 31.9 Å². The fourth-order valence-electron chi connectivity index (χ4n) is 1.48. The molecule has 0 aromatic heterocycles. The summed E-state index contributed by atoms with van der Waals surface area (Å²) in [5, 5.41) is -0.352. The summed E-state index contributed by atoms with van der Waals surface area (Å²) < 4.78 is 24.4. The molecule has 78 valence electrons. The number of sulfonamides is 1. The third kappa shape index (κ3) is 3.81. The van der Waals surface area contributed by atoms with Gasteiger partial charge < -0.3 is 4.90 Å². The van der Waals surface area contributed by atoms with Crippen molar-refractivity contribution in [3.63, 3.8) is 0 Å². The van der Waals surface area contributed by atoms with Crippen LogP contribution in [0, 0.1) is 5.92 Å². The first kappa shape index (κ1) is 11.2. The summed E-state index contributed by atoms with van der Waals surface area (Å²) in [5.74, 6) is 0.433. The molecule has 6 heteroatoms. The highest BCUT2D eigenvalue weighted by Crippen LogP contribution is 2.13. The van der Waals surface area contributed by atoms with Crippen LogP contribution in [0.15, 0.2) is 0 Å². The van der Waals surface area contributed by atoms with E-state index in [9.17, 15) is 8.42 Å². The van der Waals surface area contributed by atoms with Crippen molar-refractivity contribution in [3.05, 3.63) is 0 Å².